The summed E-state index contributed by atoms with van der Waals surface area (Å²) in [6.45, 7) is 8.53. The standard InChI is InChI=1S/C31H33NO5/c1-20-21(2)28-26(22(3)27(20)35-18-24-13-9-6-10-14-24)15-16-31(4,37-28)29(33)32-25(19-36-30(32)34)17-23-11-7-5-8-12-23/h5-14,25H,15-19H2,1-4H3/t25-,31-/m1/s1. The second-order valence-corrected chi connectivity index (χ2v) is 10.2. The third-order valence-corrected chi connectivity index (χ3v) is 7.66. The zero-order valence-electron chi connectivity index (χ0n) is 21.9. The Morgan fingerprint density at radius 1 is 0.973 bits per heavy atom. The monoisotopic (exact) mass is 499 g/mol. The first-order chi connectivity index (χ1) is 17.8. The summed E-state index contributed by atoms with van der Waals surface area (Å²) in [4.78, 5) is 27.8. The predicted octanol–water partition coefficient (Wildman–Crippen LogP) is 5.86. The molecule has 3 aromatic carbocycles. The fraction of sp³-hybridized carbons (Fsp3) is 0.355. The Labute approximate surface area is 218 Å². The van der Waals surface area contributed by atoms with Crippen molar-refractivity contribution in [3.63, 3.8) is 0 Å². The highest BCUT2D eigenvalue weighted by molar-refractivity contribution is 5.98. The first-order valence-electron chi connectivity index (χ1n) is 12.8. The third kappa shape index (κ3) is 4.68. The molecule has 0 N–H and O–H groups in total. The van der Waals surface area contributed by atoms with Gasteiger partial charge in [0, 0.05) is 12.0 Å². The molecule has 0 radical (unpaired) electrons. The molecule has 37 heavy (non-hydrogen) atoms. The molecule has 192 valence electrons. The van der Waals surface area contributed by atoms with Crippen LogP contribution in [-0.4, -0.2) is 35.2 Å². The largest absolute Gasteiger partial charge is 0.488 e. The summed E-state index contributed by atoms with van der Waals surface area (Å²) in [5.74, 6) is 1.24. The van der Waals surface area contributed by atoms with Crippen LogP contribution < -0.4 is 9.47 Å². The fourth-order valence-corrected chi connectivity index (χ4v) is 5.33. The molecule has 0 aromatic heterocycles. The summed E-state index contributed by atoms with van der Waals surface area (Å²) in [5.41, 5.74) is 5.02. The average molecular weight is 500 g/mol. The van der Waals surface area contributed by atoms with E-state index in [0.29, 0.717) is 25.9 Å². The number of carbonyl (C=O) groups is 2. The number of nitrogens with zero attached hydrogens (tertiary/aromatic N) is 1. The molecule has 0 aliphatic carbocycles. The van der Waals surface area contributed by atoms with Crippen molar-refractivity contribution in [2.24, 2.45) is 0 Å². The van der Waals surface area contributed by atoms with Crippen molar-refractivity contribution in [2.45, 2.75) is 65.2 Å². The van der Waals surface area contributed by atoms with E-state index in [2.05, 4.69) is 0 Å². The van der Waals surface area contributed by atoms with E-state index in [9.17, 15) is 9.59 Å². The van der Waals surface area contributed by atoms with Crippen LogP contribution in [0.25, 0.3) is 0 Å². The van der Waals surface area contributed by atoms with Gasteiger partial charge < -0.3 is 14.2 Å². The molecule has 2 aliphatic heterocycles. The maximum absolute atomic E-state index is 13.8. The van der Waals surface area contributed by atoms with Crippen molar-refractivity contribution in [3.05, 3.63) is 94.0 Å². The summed E-state index contributed by atoms with van der Waals surface area (Å²) in [5, 5.41) is 0. The predicted molar refractivity (Wildman–Crippen MR) is 141 cm³/mol. The fourth-order valence-electron chi connectivity index (χ4n) is 5.33. The van der Waals surface area contributed by atoms with Crippen molar-refractivity contribution in [3.8, 4) is 11.5 Å². The molecule has 6 nitrogen and oxygen atoms in total. The molecule has 6 heteroatoms. The Kier molecular flexibility index (Phi) is 6.67. The molecular weight excluding hydrogens is 466 g/mol. The van der Waals surface area contributed by atoms with Crippen LogP contribution in [0.1, 0.15) is 46.7 Å². The van der Waals surface area contributed by atoms with Gasteiger partial charge in [-0.3, -0.25) is 4.79 Å². The number of hydrogen-bond acceptors (Lipinski definition) is 5. The Morgan fingerprint density at radius 3 is 2.30 bits per heavy atom. The molecule has 0 unspecified atom stereocenters. The molecule has 2 atom stereocenters. The van der Waals surface area contributed by atoms with Gasteiger partial charge in [-0.2, -0.15) is 0 Å². The summed E-state index contributed by atoms with van der Waals surface area (Å²) in [6, 6.07) is 19.6. The summed E-state index contributed by atoms with van der Waals surface area (Å²) in [7, 11) is 0. The zero-order valence-corrected chi connectivity index (χ0v) is 21.9. The van der Waals surface area contributed by atoms with Crippen molar-refractivity contribution in [1.29, 1.82) is 0 Å². The Bertz CT molecular complexity index is 1320. The minimum absolute atomic E-state index is 0.186. The van der Waals surface area contributed by atoms with Gasteiger partial charge in [-0.25, -0.2) is 9.69 Å². The Hall–Kier alpha value is -3.80. The van der Waals surface area contributed by atoms with E-state index in [1.165, 1.54) is 4.90 Å². The Balaban J connectivity index is 1.39. The van der Waals surface area contributed by atoms with Crippen LogP contribution in [0.3, 0.4) is 0 Å². The first kappa shape index (κ1) is 24.9. The second kappa shape index (κ2) is 9.92. The molecular formula is C31H33NO5. The molecule has 2 heterocycles. The van der Waals surface area contributed by atoms with Gasteiger partial charge in [0.05, 0.1) is 6.04 Å². The van der Waals surface area contributed by atoms with E-state index in [-0.39, 0.29) is 18.6 Å². The number of hydrogen-bond donors (Lipinski definition) is 0. The number of imide groups is 1. The number of rotatable bonds is 6. The number of ether oxygens (including phenoxy) is 3. The summed E-state index contributed by atoms with van der Waals surface area (Å²) >= 11 is 0. The van der Waals surface area contributed by atoms with Crippen LogP contribution >= 0.6 is 0 Å². The lowest BCUT2D eigenvalue weighted by Crippen LogP contribution is -2.55. The van der Waals surface area contributed by atoms with Crippen molar-refractivity contribution in [1.82, 2.24) is 4.90 Å². The number of fused-ring (bicyclic) bond motifs is 1. The van der Waals surface area contributed by atoms with E-state index < -0.39 is 11.7 Å². The van der Waals surface area contributed by atoms with Gasteiger partial charge in [0.25, 0.3) is 5.91 Å². The lowest BCUT2D eigenvalue weighted by atomic mass is 9.86. The van der Waals surface area contributed by atoms with Gasteiger partial charge in [-0.15, -0.1) is 0 Å². The number of carbonyl (C=O) groups excluding carboxylic acids is 2. The molecule has 5 rings (SSSR count). The molecule has 2 aliphatic rings. The van der Waals surface area contributed by atoms with Gasteiger partial charge in [0.1, 0.15) is 24.7 Å². The maximum Gasteiger partial charge on any atom is 0.417 e. The van der Waals surface area contributed by atoms with Crippen LogP contribution in [0.2, 0.25) is 0 Å². The highest BCUT2D eigenvalue weighted by Gasteiger charge is 2.49. The lowest BCUT2D eigenvalue weighted by molar-refractivity contribution is -0.146. The van der Waals surface area contributed by atoms with Crippen molar-refractivity contribution in [2.75, 3.05) is 6.61 Å². The van der Waals surface area contributed by atoms with Crippen molar-refractivity contribution < 1.29 is 23.8 Å². The number of amides is 2. The van der Waals surface area contributed by atoms with E-state index in [1.807, 2.05) is 81.4 Å². The van der Waals surface area contributed by atoms with Gasteiger partial charge in [-0.05, 0) is 68.4 Å². The second-order valence-electron chi connectivity index (χ2n) is 10.2. The summed E-state index contributed by atoms with van der Waals surface area (Å²) in [6.07, 6.45) is 1.06. The third-order valence-electron chi connectivity index (χ3n) is 7.66. The summed E-state index contributed by atoms with van der Waals surface area (Å²) < 4.78 is 18.1. The Morgan fingerprint density at radius 2 is 1.62 bits per heavy atom. The maximum atomic E-state index is 13.8. The van der Waals surface area contributed by atoms with E-state index in [4.69, 9.17) is 14.2 Å². The first-order valence-corrected chi connectivity index (χ1v) is 12.8. The SMILES string of the molecule is Cc1c(C)c2c(c(C)c1OCc1ccccc1)CC[C@](C)(C(=O)N1C(=O)OC[C@H]1Cc1ccccc1)O2. The van der Waals surface area contributed by atoms with Gasteiger partial charge in [0.15, 0.2) is 5.60 Å². The molecule has 0 bridgehead atoms. The highest BCUT2D eigenvalue weighted by Crippen LogP contribution is 2.44. The van der Waals surface area contributed by atoms with Crippen LogP contribution in [0.5, 0.6) is 11.5 Å². The van der Waals surface area contributed by atoms with Crippen LogP contribution in [0, 0.1) is 20.8 Å². The topological polar surface area (TPSA) is 65.1 Å². The highest BCUT2D eigenvalue weighted by atomic mass is 16.6. The molecule has 2 amide bonds. The van der Waals surface area contributed by atoms with Crippen LogP contribution in [0.15, 0.2) is 60.7 Å². The van der Waals surface area contributed by atoms with Crippen LogP contribution in [0.4, 0.5) is 4.79 Å². The molecule has 1 fully saturated rings. The zero-order chi connectivity index (χ0) is 26.2. The molecule has 1 saturated heterocycles. The number of benzene rings is 3. The minimum atomic E-state index is -1.17. The molecule has 0 saturated carbocycles. The number of cyclic esters (lactones) is 1. The van der Waals surface area contributed by atoms with Crippen molar-refractivity contribution >= 4 is 12.0 Å². The van der Waals surface area contributed by atoms with E-state index >= 15 is 0 Å². The van der Waals surface area contributed by atoms with Gasteiger partial charge in [-0.1, -0.05) is 60.7 Å². The van der Waals surface area contributed by atoms with E-state index in [1.54, 1.807) is 6.92 Å². The quantitative estimate of drug-likeness (QED) is 0.425. The normalized spacial score (nSPS) is 20.7. The average Bonchev–Trinajstić information content (AvgIpc) is 3.27. The van der Waals surface area contributed by atoms with E-state index in [0.717, 1.165) is 44.9 Å². The van der Waals surface area contributed by atoms with Gasteiger partial charge in [0.2, 0.25) is 0 Å². The molecule has 0 spiro atoms. The minimum Gasteiger partial charge on any atom is -0.488 e. The molecule has 3 aromatic rings. The van der Waals surface area contributed by atoms with Gasteiger partial charge >= 0.3 is 6.09 Å². The van der Waals surface area contributed by atoms with Crippen LogP contribution in [-0.2, 0) is 29.0 Å². The lowest BCUT2D eigenvalue weighted by Gasteiger charge is -2.39. The smallest absolute Gasteiger partial charge is 0.417 e.